The van der Waals surface area contributed by atoms with Crippen molar-refractivity contribution in [1.29, 1.82) is 0 Å². The summed E-state index contributed by atoms with van der Waals surface area (Å²) in [6.07, 6.45) is -2.73. The van der Waals surface area contributed by atoms with E-state index in [4.69, 9.17) is 0 Å². The molecular formula is C9H7BrF2INO2. The number of halogens is 4. The molecule has 0 atom stereocenters. The fourth-order valence-electron chi connectivity index (χ4n) is 1.19. The van der Waals surface area contributed by atoms with Crippen molar-refractivity contribution in [1.82, 2.24) is 4.98 Å². The van der Waals surface area contributed by atoms with Crippen molar-refractivity contribution >= 4 is 44.5 Å². The largest absolute Gasteiger partial charge is 0.465 e. The van der Waals surface area contributed by atoms with Crippen LogP contribution in [0, 0.1) is 3.70 Å². The van der Waals surface area contributed by atoms with Gasteiger partial charge in [-0.3, -0.25) is 0 Å². The van der Waals surface area contributed by atoms with Gasteiger partial charge in [-0.05, 0) is 28.7 Å². The zero-order chi connectivity index (χ0) is 12.3. The van der Waals surface area contributed by atoms with Gasteiger partial charge in [0.2, 0.25) is 0 Å². The van der Waals surface area contributed by atoms with Gasteiger partial charge in [-0.15, -0.1) is 0 Å². The Hall–Kier alpha value is -0.310. The minimum atomic E-state index is -2.73. The molecule has 0 saturated heterocycles. The molecular weight excluding hydrogens is 399 g/mol. The van der Waals surface area contributed by atoms with Gasteiger partial charge in [-0.1, -0.05) is 15.9 Å². The number of carbonyl (C=O) groups excluding carboxylic acids is 1. The molecule has 1 heterocycles. The Morgan fingerprint density at radius 3 is 2.75 bits per heavy atom. The Balaban J connectivity index is 3.45. The van der Waals surface area contributed by atoms with Gasteiger partial charge in [0.25, 0.3) is 6.43 Å². The molecule has 1 rings (SSSR count). The zero-order valence-electron chi connectivity index (χ0n) is 8.14. The van der Waals surface area contributed by atoms with Gasteiger partial charge in [-0.2, -0.15) is 0 Å². The number of aromatic nitrogens is 1. The number of esters is 1. The third-order valence-corrected chi connectivity index (χ3v) is 2.93. The molecule has 7 heteroatoms. The van der Waals surface area contributed by atoms with E-state index in [1.165, 1.54) is 6.07 Å². The van der Waals surface area contributed by atoms with Crippen LogP contribution >= 0.6 is 38.5 Å². The Bertz CT molecular complexity index is 415. The van der Waals surface area contributed by atoms with Gasteiger partial charge >= 0.3 is 5.97 Å². The van der Waals surface area contributed by atoms with E-state index in [1.807, 2.05) is 22.6 Å². The first-order chi connectivity index (χ1) is 7.51. The Morgan fingerprint density at radius 1 is 1.69 bits per heavy atom. The number of methoxy groups -OCH3 is 1. The second-order valence-electron chi connectivity index (χ2n) is 2.78. The van der Waals surface area contributed by atoms with Crippen molar-refractivity contribution in [2.75, 3.05) is 7.11 Å². The summed E-state index contributed by atoms with van der Waals surface area (Å²) in [5.74, 6) is -0.798. The molecule has 0 aromatic carbocycles. The highest BCUT2D eigenvalue weighted by Gasteiger charge is 2.24. The molecule has 0 N–H and O–H groups in total. The predicted octanol–water partition coefficient (Wildman–Crippen LogP) is 3.31. The molecule has 0 fully saturated rings. The van der Waals surface area contributed by atoms with Crippen molar-refractivity contribution in [3.63, 3.8) is 0 Å². The monoisotopic (exact) mass is 405 g/mol. The molecule has 0 aliphatic heterocycles. The van der Waals surface area contributed by atoms with Crippen molar-refractivity contribution in [3.8, 4) is 0 Å². The lowest BCUT2D eigenvalue weighted by molar-refractivity contribution is 0.0587. The Labute approximate surface area is 113 Å². The molecule has 0 unspecified atom stereocenters. The predicted molar refractivity (Wildman–Crippen MR) is 65.9 cm³/mol. The van der Waals surface area contributed by atoms with E-state index in [0.717, 1.165) is 7.11 Å². The second-order valence-corrected chi connectivity index (χ2v) is 4.45. The third kappa shape index (κ3) is 2.88. The fourth-order valence-corrected chi connectivity index (χ4v) is 2.22. The van der Waals surface area contributed by atoms with E-state index in [1.54, 1.807) is 0 Å². The number of carbonyl (C=O) groups is 1. The SMILES string of the molecule is COC(=O)c1c(C(F)F)cc(I)nc1CBr. The Kier molecular flexibility index (Phi) is 5.03. The van der Waals surface area contributed by atoms with E-state index in [2.05, 4.69) is 25.7 Å². The van der Waals surface area contributed by atoms with Crippen molar-refractivity contribution in [3.05, 3.63) is 26.6 Å². The molecule has 1 aromatic heterocycles. The summed E-state index contributed by atoms with van der Waals surface area (Å²) in [6.45, 7) is 0. The van der Waals surface area contributed by atoms with E-state index in [-0.39, 0.29) is 22.2 Å². The molecule has 0 aliphatic rings. The van der Waals surface area contributed by atoms with Gasteiger partial charge in [-0.25, -0.2) is 18.6 Å². The Morgan fingerprint density at radius 2 is 2.31 bits per heavy atom. The number of hydrogen-bond acceptors (Lipinski definition) is 3. The maximum absolute atomic E-state index is 12.8. The van der Waals surface area contributed by atoms with Crippen molar-refractivity contribution < 1.29 is 18.3 Å². The molecule has 0 radical (unpaired) electrons. The molecule has 3 nitrogen and oxygen atoms in total. The number of hydrogen-bond donors (Lipinski definition) is 0. The van der Waals surface area contributed by atoms with Crippen LogP contribution in [0.15, 0.2) is 6.07 Å². The topological polar surface area (TPSA) is 39.2 Å². The van der Waals surface area contributed by atoms with Crippen molar-refractivity contribution in [2.24, 2.45) is 0 Å². The molecule has 1 aromatic rings. The standard InChI is InChI=1S/C9H7BrF2INO2/c1-16-9(15)7-4(8(11)12)2-6(13)14-5(7)3-10/h2,8H,3H2,1H3. The first kappa shape index (κ1) is 13.8. The van der Waals surface area contributed by atoms with E-state index in [0.29, 0.717) is 3.70 Å². The quantitative estimate of drug-likeness (QED) is 0.335. The summed E-state index contributed by atoms with van der Waals surface area (Å²) in [5, 5.41) is 0.216. The minimum Gasteiger partial charge on any atom is -0.465 e. The highest BCUT2D eigenvalue weighted by Crippen LogP contribution is 2.27. The first-order valence-electron chi connectivity index (χ1n) is 4.13. The average Bonchev–Trinajstić information content (AvgIpc) is 2.26. The van der Waals surface area contributed by atoms with Crippen LogP contribution in [-0.4, -0.2) is 18.1 Å². The second kappa shape index (κ2) is 5.85. The van der Waals surface area contributed by atoms with Crippen LogP contribution in [-0.2, 0) is 10.1 Å². The fraction of sp³-hybridized carbons (Fsp3) is 0.333. The maximum Gasteiger partial charge on any atom is 0.340 e. The molecule has 16 heavy (non-hydrogen) atoms. The first-order valence-corrected chi connectivity index (χ1v) is 6.33. The summed E-state index contributed by atoms with van der Waals surface area (Å²) in [6, 6.07) is 1.18. The third-order valence-electron chi connectivity index (χ3n) is 1.84. The summed E-state index contributed by atoms with van der Waals surface area (Å²) >= 11 is 4.93. The summed E-state index contributed by atoms with van der Waals surface area (Å²) in [7, 11) is 1.15. The van der Waals surface area contributed by atoms with Crippen LogP contribution in [0.4, 0.5) is 8.78 Å². The lowest BCUT2D eigenvalue weighted by atomic mass is 10.1. The number of pyridine rings is 1. The van der Waals surface area contributed by atoms with Crippen LogP contribution in [0.1, 0.15) is 28.0 Å². The highest BCUT2D eigenvalue weighted by atomic mass is 127. The molecule has 0 aliphatic carbocycles. The van der Waals surface area contributed by atoms with E-state index in [9.17, 15) is 13.6 Å². The minimum absolute atomic E-state index is 0.158. The van der Waals surface area contributed by atoms with Gasteiger partial charge in [0.05, 0.1) is 18.4 Å². The van der Waals surface area contributed by atoms with Crippen LogP contribution in [0.3, 0.4) is 0 Å². The number of alkyl halides is 3. The summed E-state index contributed by atoms with van der Waals surface area (Å²) in [4.78, 5) is 15.4. The van der Waals surface area contributed by atoms with E-state index >= 15 is 0 Å². The van der Waals surface area contributed by atoms with Crippen LogP contribution < -0.4 is 0 Å². The molecule has 0 bridgehead atoms. The lowest BCUT2D eigenvalue weighted by Crippen LogP contribution is -2.12. The average molecular weight is 406 g/mol. The van der Waals surface area contributed by atoms with Crippen LogP contribution in [0.25, 0.3) is 0 Å². The number of nitrogens with zero attached hydrogens (tertiary/aromatic N) is 1. The molecule has 0 spiro atoms. The molecule has 0 saturated carbocycles. The number of rotatable bonds is 3. The summed E-state index contributed by atoms with van der Waals surface area (Å²) < 4.78 is 30.4. The van der Waals surface area contributed by atoms with Gasteiger partial charge < -0.3 is 4.74 Å². The summed E-state index contributed by atoms with van der Waals surface area (Å²) in [5.41, 5.74) is -0.246. The van der Waals surface area contributed by atoms with Gasteiger partial charge in [0.1, 0.15) is 3.70 Å². The molecule has 88 valence electrons. The number of ether oxygens (including phenoxy) is 1. The van der Waals surface area contributed by atoms with Gasteiger partial charge in [0, 0.05) is 10.9 Å². The van der Waals surface area contributed by atoms with Crippen molar-refractivity contribution in [2.45, 2.75) is 11.8 Å². The smallest absolute Gasteiger partial charge is 0.340 e. The maximum atomic E-state index is 12.8. The van der Waals surface area contributed by atoms with Gasteiger partial charge in [0.15, 0.2) is 0 Å². The van der Waals surface area contributed by atoms with E-state index < -0.39 is 12.4 Å². The zero-order valence-corrected chi connectivity index (χ0v) is 11.9. The van der Waals surface area contributed by atoms with Crippen LogP contribution in [0.2, 0.25) is 0 Å². The normalized spacial score (nSPS) is 10.6. The molecule has 0 amide bonds. The van der Waals surface area contributed by atoms with Crippen LogP contribution in [0.5, 0.6) is 0 Å². The highest BCUT2D eigenvalue weighted by molar-refractivity contribution is 14.1. The lowest BCUT2D eigenvalue weighted by Gasteiger charge is -2.11.